The summed E-state index contributed by atoms with van der Waals surface area (Å²) in [6.07, 6.45) is 4.68. The van der Waals surface area contributed by atoms with Crippen molar-refractivity contribution in [1.29, 1.82) is 0 Å². The number of ether oxygens (including phenoxy) is 1. The van der Waals surface area contributed by atoms with Gasteiger partial charge in [0.15, 0.2) is 5.96 Å². The zero-order chi connectivity index (χ0) is 19.9. The first-order chi connectivity index (χ1) is 12.8. The van der Waals surface area contributed by atoms with Crippen molar-refractivity contribution >= 4 is 51.4 Å². The van der Waals surface area contributed by atoms with E-state index in [9.17, 15) is 13.2 Å². The minimum atomic E-state index is -3.02. The van der Waals surface area contributed by atoms with Gasteiger partial charge in [0.05, 0.1) is 37.4 Å². The third-order valence-electron chi connectivity index (χ3n) is 3.95. The van der Waals surface area contributed by atoms with Gasteiger partial charge < -0.3 is 19.9 Å². The van der Waals surface area contributed by atoms with E-state index in [4.69, 9.17) is 4.74 Å². The molecule has 0 unspecified atom stereocenters. The number of rotatable bonds is 8. The van der Waals surface area contributed by atoms with Crippen LogP contribution in [0.15, 0.2) is 17.4 Å². The van der Waals surface area contributed by atoms with Crippen LogP contribution in [0, 0.1) is 0 Å². The number of hydrogen-bond acceptors (Lipinski definition) is 6. The molecular formula is C16H29IN6O4S. The van der Waals surface area contributed by atoms with Crippen LogP contribution < -0.4 is 10.2 Å². The summed E-state index contributed by atoms with van der Waals surface area (Å²) in [5, 5.41) is 7.30. The van der Waals surface area contributed by atoms with Gasteiger partial charge in [-0.15, -0.1) is 24.0 Å². The summed E-state index contributed by atoms with van der Waals surface area (Å²) in [6, 6.07) is 0. The first kappa shape index (κ1) is 24.6. The molecule has 0 radical (unpaired) electrons. The van der Waals surface area contributed by atoms with Gasteiger partial charge in [-0.2, -0.15) is 5.10 Å². The Hall–Kier alpha value is -1.41. The Morgan fingerprint density at radius 3 is 2.68 bits per heavy atom. The molecule has 1 aromatic heterocycles. The van der Waals surface area contributed by atoms with Crippen LogP contribution in [-0.2, 0) is 26.4 Å². The molecule has 1 aromatic rings. The number of nitrogens with zero attached hydrogens (tertiary/aromatic N) is 5. The summed E-state index contributed by atoms with van der Waals surface area (Å²) in [6.45, 7) is 4.97. The molecule has 1 N–H and O–H groups in total. The van der Waals surface area contributed by atoms with Crippen LogP contribution in [0.1, 0.15) is 6.92 Å². The van der Waals surface area contributed by atoms with Crippen LogP contribution >= 0.6 is 24.0 Å². The van der Waals surface area contributed by atoms with Crippen molar-refractivity contribution in [2.24, 2.45) is 12.0 Å². The molecule has 0 spiro atoms. The van der Waals surface area contributed by atoms with Crippen molar-refractivity contribution in [1.82, 2.24) is 20.0 Å². The largest absolute Gasteiger partial charge is 0.378 e. The Morgan fingerprint density at radius 1 is 1.36 bits per heavy atom. The Labute approximate surface area is 183 Å². The standard InChI is InChI=1S/C16H28N6O4S.HI/c1-4-17-16(18-5-8-26-9-10-27(3,24)25)21-6-7-22(15(23)13-21)14-11-19-20(2)12-14;/h11-12H,4-10,13H2,1-3H3,(H,17,18);1H. The second-order valence-corrected chi connectivity index (χ2v) is 8.58. The summed E-state index contributed by atoms with van der Waals surface area (Å²) in [4.78, 5) is 20.6. The van der Waals surface area contributed by atoms with Crippen molar-refractivity contribution in [3.63, 3.8) is 0 Å². The maximum absolute atomic E-state index is 12.5. The normalized spacial score (nSPS) is 15.5. The van der Waals surface area contributed by atoms with Crippen molar-refractivity contribution < 1.29 is 17.9 Å². The average molecular weight is 528 g/mol. The zero-order valence-corrected chi connectivity index (χ0v) is 19.6. The molecule has 28 heavy (non-hydrogen) atoms. The molecule has 0 saturated carbocycles. The fourth-order valence-electron chi connectivity index (χ4n) is 2.63. The molecule has 1 saturated heterocycles. The van der Waals surface area contributed by atoms with Crippen LogP contribution in [0.3, 0.4) is 0 Å². The van der Waals surface area contributed by atoms with E-state index in [1.165, 1.54) is 6.26 Å². The minimum Gasteiger partial charge on any atom is -0.378 e. The van der Waals surface area contributed by atoms with Gasteiger partial charge in [-0.25, -0.2) is 8.42 Å². The predicted molar refractivity (Wildman–Crippen MR) is 119 cm³/mol. The van der Waals surface area contributed by atoms with Crippen LogP contribution in [0.5, 0.6) is 0 Å². The van der Waals surface area contributed by atoms with Gasteiger partial charge in [0, 0.05) is 39.1 Å². The second-order valence-electron chi connectivity index (χ2n) is 6.32. The van der Waals surface area contributed by atoms with Crippen molar-refractivity contribution in [2.75, 3.05) is 62.8 Å². The first-order valence-corrected chi connectivity index (χ1v) is 10.9. The molecular weight excluding hydrogens is 499 g/mol. The second kappa shape index (κ2) is 11.6. The quantitative estimate of drug-likeness (QED) is 0.214. The Balaban J connectivity index is 0.00000392. The molecule has 0 aromatic carbocycles. The third kappa shape index (κ3) is 7.91. The maximum Gasteiger partial charge on any atom is 0.246 e. The van der Waals surface area contributed by atoms with E-state index in [0.29, 0.717) is 38.7 Å². The zero-order valence-electron chi connectivity index (χ0n) is 16.5. The average Bonchev–Trinajstić information content (AvgIpc) is 3.02. The highest BCUT2D eigenvalue weighted by Gasteiger charge is 2.27. The van der Waals surface area contributed by atoms with Crippen molar-refractivity contribution in [2.45, 2.75) is 6.92 Å². The lowest BCUT2D eigenvalue weighted by atomic mass is 10.3. The lowest BCUT2D eigenvalue weighted by molar-refractivity contribution is -0.120. The van der Waals surface area contributed by atoms with Crippen LogP contribution in [0.2, 0.25) is 0 Å². The van der Waals surface area contributed by atoms with Crippen LogP contribution in [0.4, 0.5) is 5.69 Å². The summed E-state index contributed by atoms with van der Waals surface area (Å²) in [5.74, 6) is 0.648. The molecule has 2 rings (SSSR count). The van der Waals surface area contributed by atoms with E-state index in [0.717, 1.165) is 5.69 Å². The minimum absolute atomic E-state index is 0. The highest BCUT2D eigenvalue weighted by Crippen LogP contribution is 2.16. The molecule has 1 aliphatic rings. The van der Waals surface area contributed by atoms with Gasteiger partial charge in [0.25, 0.3) is 0 Å². The van der Waals surface area contributed by atoms with Gasteiger partial charge in [-0.05, 0) is 6.92 Å². The number of aromatic nitrogens is 2. The number of halogens is 1. The van der Waals surface area contributed by atoms with Crippen molar-refractivity contribution in [3.8, 4) is 0 Å². The topological polar surface area (TPSA) is 109 Å². The van der Waals surface area contributed by atoms with Gasteiger partial charge in [-0.3, -0.25) is 14.5 Å². The maximum atomic E-state index is 12.5. The predicted octanol–water partition coefficient (Wildman–Crippen LogP) is -0.287. The molecule has 1 amide bonds. The van der Waals surface area contributed by atoms with E-state index in [-0.39, 0.29) is 48.8 Å². The highest BCUT2D eigenvalue weighted by atomic mass is 127. The van der Waals surface area contributed by atoms with Gasteiger partial charge in [0.1, 0.15) is 16.4 Å². The van der Waals surface area contributed by atoms with E-state index in [2.05, 4.69) is 15.4 Å². The molecule has 1 fully saturated rings. The number of aliphatic imine (C=N–C) groups is 1. The van der Waals surface area contributed by atoms with E-state index < -0.39 is 9.84 Å². The SMILES string of the molecule is CCNC(=NCCOCCS(C)(=O)=O)N1CCN(c2cnn(C)c2)C(=O)C1.I. The van der Waals surface area contributed by atoms with E-state index >= 15 is 0 Å². The van der Waals surface area contributed by atoms with Crippen LogP contribution in [-0.4, -0.2) is 92.9 Å². The number of anilines is 1. The molecule has 0 atom stereocenters. The monoisotopic (exact) mass is 528 g/mol. The number of carbonyl (C=O) groups excluding carboxylic acids is 1. The molecule has 10 nitrogen and oxygen atoms in total. The lowest BCUT2D eigenvalue weighted by Gasteiger charge is -2.35. The fraction of sp³-hybridized carbons (Fsp3) is 0.688. The van der Waals surface area contributed by atoms with Gasteiger partial charge in [-0.1, -0.05) is 0 Å². The van der Waals surface area contributed by atoms with E-state index in [1.54, 1.807) is 15.8 Å². The highest BCUT2D eigenvalue weighted by molar-refractivity contribution is 14.0. The molecule has 160 valence electrons. The number of amides is 1. The van der Waals surface area contributed by atoms with Crippen LogP contribution in [0.25, 0.3) is 0 Å². The Kier molecular flexibility index (Phi) is 10.2. The number of aryl methyl sites for hydroxylation is 1. The molecule has 0 aliphatic carbocycles. The first-order valence-electron chi connectivity index (χ1n) is 8.88. The third-order valence-corrected chi connectivity index (χ3v) is 4.86. The number of hydrogen-bond donors (Lipinski definition) is 1. The molecule has 0 bridgehead atoms. The summed E-state index contributed by atoms with van der Waals surface area (Å²) < 4.78 is 29.1. The Morgan fingerprint density at radius 2 is 2.11 bits per heavy atom. The number of guanidine groups is 1. The number of piperazine rings is 1. The Bertz CT molecular complexity index is 767. The summed E-state index contributed by atoms with van der Waals surface area (Å²) in [7, 11) is -1.20. The van der Waals surface area contributed by atoms with Gasteiger partial charge >= 0.3 is 0 Å². The van der Waals surface area contributed by atoms with E-state index in [1.807, 2.05) is 25.1 Å². The van der Waals surface area contributed by atoms with Crippen molar-refractivity contribution in [3.05, 3.63) is 12.4 Å². The summed E-state index contributed by atoms with van der Waals surface area (Å²) >= 11 is 0. The summed E-state index contributed by atoms with van der Waals surface area (Å²) in [5.41, 5.74) is 0.795. The van der Waals surface area contributed by atoms with Gasteiger partial charge in [0.2, 0.25) is 5.91 Å². The molecule has 1 aliphatic heterocycles. The fourth-order valence-corrected chi connectivity index (χ4v) is 3.05. The lowest BCUT2D eigenvalue weighted by Crippen LogP contribution is -2.55. The number of sulfone groups is 1. The molecule has 12 heteroatoms. The smallest absolute Gasteiger partial charge is 0.246 e. The number of carbonyl (C=O) groups is 1. The molecule has 2 heterocycles. The number of nitrogens with one attached hydrogen (secondary N) is 1.